The zero-order valence-corrected chi connectivity index (χ0v) is 13.3. The lowest BCUT2D eigenvalue weighted by atomic mass is 10.2. The van der Waals surface area contributed by atoms with Crippen molar-refractivity contribution in [2.75, 3.05) is 5.75 Å². The van der Waals surface area contributed by atoms with Gasteiger partial charge in [-0.2, -0.15) is 0 Å². The summed E-state index contributed by atoms with van der Waals surface area (Å²) in [6.07, 6.45) is 0. The molecular weight excluding hydrogens is 318 g/mol. The van der Waals surface area contributed by atoms with E-state index in [9.17, 15) is 4.79 Å². The molecule has 22 heavy (non-hydrogen) atoms. The van der Waals surface area contributed by atoms with Crippen molar-refractivity contribution in [1.82, 2.24) is 9.55 Å². The summed E-state index contributed by atoms with van der Waals surface area (Å²) in [7, 11) is 0. The van der Waals surface area contributed by atoms with Gasteiger partial charge in [0, 0.05) is 5.02 Å². The van der Waals surface area contributed by atoms with E-state index in [-0.39, 0.29) is 11.7 Å². The maximum atomic E-state index is 11.0. The van der Waals surface area contributed by atoms with Crippen molar-refractivity contribution in [3.8, 4) is 0 Å². The molecule has 3 aromatic rings. The van der Waals surface area contributed by atoms with Crippen molar-refractivity contribution in [1.29, 1.82) is 0 Å². The Morgan fingerprint density at radius 2 is 1.91 bits per heavy atom. The first-order valence-corrected chi connectivity index (χ1v) is 8.10. The van der Waals surface area contributed by atoms with Gasteiger partial charge in [0.1, 0.15) is 0 Å². The van der Waals surface area contributed by atoms with E-state index in [1.807, 2.05) is 48.5 Å². The number of nitrogens with two attached hydrogens (primary N) is 1. The number of benzene rings is 2. The highest BCUT2D eigenvalue weighted by atomic mass is 35.5. The molecule has 0 spiro atoms. The monoisotopic (exact) mass is 331 g/mol. The Labute approximate surface area is 137 Å². The van der Waals surface area contributed by atoms with E-state index in [0.29, 0.717) is 11.6 Å². The SMILES string of the molecule is NC(=O)CSc1nc2ccccc2n1Cc1ccc(Cl)cc1. The summed E-state index contributed by atoms with van der Waals surface area (Å²) in [6.45, 7) is 0.665. The van der Waals surface area contributed by atoms with Crippen LogP contribution in [0.4, 0.5) is 0 Å². The van der Waals surface area contributed by atoms with Crippen LogP contribution < -0.4 is 5.73 Å². The number of carbonyl (C=O) groups excluding carboxylic acids is 1. The molecule has 0 saturated heterocycles. The first-order chi connectivity index (χ1) is 10.6. The van der Waals surface area contributed by atoms with Crippen molar-refractivity contribution in [3.63, 3.8) is 0 Å². The lowest BCUT2D eigenvalue weighted by Crippen LogP contribution is -2.14. The highest BCUT2D eigenvalue weighted by Crippen LogP contribution is 2.25. The van der Waals surface area contributed by atoms with Gasteiger partial charge in [-0.15, -0.1) is 0 Å². The molecule has 1 aromatic heterocycles. The molecule has 112 valence electrons. The molecule has 0 aliphatic heterocycles. The number of para-hydroxylation sites is 2. The molecule has 3 rings (SSSR count). The van der Waals surface area contributed by atoms with Gasteiger partial charge in [0.2, 0.25) is 5.91 Å². The molecule has 0 unspecified atom stereocenters. The molecule has 6 heteroatoms. The second kappa shape index (κ2) is 6.42. The predicted molar refractivity (Wildman–Crippen MR) is 90.2 cm³/mol. The van der Waals surface area contributed by atoms with Gasteiger partial charge in [-0.3, -0.25) is 4.79 Å². The Kier molecular flexibility index (Phi) is 4.36. The van der Waals surface area contributed by atoms with E-state index >= 15 is 0 Å². The number of aromatic nitrogens is 2. The van der Waals surface area contributed by atoms with E-state index in [2.05, 4.69) is 9.55 Å². The smallest absolute Gasteiger partial charge is 0.227 e. The van der Waals surface area contributed by atoms with Gasteiger partial charge in [0.15, 0.2) is 5.16 Å². The Morgan fingerprint density at radius 3 is 2.64 bits per heavy atom. The van der Waals surface area contributed by atoms with Gasteiger partial charge in [-0.05, 0) is 29.8 Å². The number of thioether (sulfide) groups is 1. The van der Waals surface area contributed by atoms with Crippen molar-refractivity contribution in [2.45, 2.75) is 11.7 Å². The molecule has 0 aliphatic rings. The Balaban J connectivity index is 1.99. The van der Waals surface area contributed by atoms with Crippen LogP contribution in [-0.4, -0.2) is 21.2 Å². The average molecular weight is 332 g/mol. The first kappa shape index (κ1) is 14.9. The van der Waals surface area contributed by atoms with Gasteiger partial charge in [-0.1, -0.05) is 47.6 Å². The van der Waals surface area contributed by atoms with Crippen LogP contribution in [0.5, 0.6) is 0 Å². The maximum absolute atomic E-state index is 11.0. The normalized spacial score (nSPS) is 11.0. The zero-order chi connectivity index (χ0) is 15.5. The van der Waals surface area contributed by atoms with Gasteiger partial charge in [0.25, 0.3) is 0 Å². The first-order valence-electron chi connectivity index (χ1n) is 6.74. The standard InChI is InChI=1S/C16H14ClN3OS/c17-12-7-5-11(6-8-12)9-20-14-4-2-1-3-13(14)19-16(20)22-10-15(18)21/h1-8H,9-10H2,(H2,18,21). The van der Waals surface area contributed by atoms with E-state index in [4.69, 9.17) is 17.3 Å². The number of primary amides is 1. The van der Waals surface area contributed by atoms with Gasteiger partial charge in [-0.25, -0.2) is 4.98 Å². The molecule has 2 N–H and O–H groups in total. The molecule has 1 amide bonds. The Bertz CT molecular complexity index is 814. The Morgan fingerprint density at radius 1 is 1.18 bits per heavy atom. The predicted octanol–water partition coefficient (Wildman–Crippen LogP) is 3.32. The average Bonchev–Trinajstić information content (AvgIpc) is 2.85. The molecule has 0 saturated carbocycles. The fourth-order valence-electron chi connectivity index (χ4n) is 2.22. The summed E-state index contributed by atoms with van der Waals surface area (Å²) in [4.78, 5) is 15.6. The summed E-state index contributed by atoms with van der Waals surface area (Å²) in [5.41, 5.74) is 8.30. The highest BCUT2D eigenvalue weighted by Gasteiger charge is 2.12. The third-order valence-corrected chi connectivity index (χ3v) is 4.47. The largest absolute Gasteiger partial charge is 0.369 e. The number of imidazole rings is 1. The minimum Gasteiger partial charge on any atom is -0.369 e. The molecule has 4 nitrogen and oxygen atoms in total. The topological polar surface area (TPSA) is 60.9 Å². The lowest BCUT2D eigenvalue weighted by Gasteiger charge is -2.08. The van der Waals surface area contributed by atoms with Gasteiger partial charge < -0.3 is 10.3 Å². The second-order valence-corrected chi connectivity index (χ2v) is 6.23. The van der Waals surface area contributed by atoms with E-state index in [1.165, 1.54) is 11.8 Å². The summed E-state index contributed by atoms with van der Waals surface area (Å²) in [6, 6.07) is 15.6. The van der Waals surface area contributed by atoms with Crippen LogP contribution in [0, 0.1) is 0 Å². The number of amides is 1. The molecule has 0 atom stereocenters. The summed E-state index contributed by atoms with van der Waals surface area (Å²) >= 11 is 7.28. The van der Waals surface area contributed by atoms with E-state index in [0.717, 1.165) is 21.8 Å². The molecule has 0 bridgehead atoms. The lowest BCUT2D eigenvalue weighted by molar-refractivity contribution is -0.115. The molecule has 0 fully saturated rings. The van der Waals surface area contributed by atoms with Crippen LogP contribution in [0.25, 0.3) is 11.0 Å². The third kappa shape index (κ3) is 3.26. The fourth-order valence-corrected chi connectivity index (χ4v) is 3.10. The van der Waals surface area contributed by atoms with Crippen LogP contribution in [-0.2, 0) is 11.3 Å². The number of hydrogen-bond acceptors (Lipinski definition) is 3. The zero-order valence-electron chi connectivity index (χ0n) is 11.7. The van der Waals surface area contributed by atoms with Crippen LogP contribution >= 0.6 is 23.4 Å². The van der Waals surface area contributed by atoms with Gasteiger partial charge >= 0.3 is 0 Å². The number of hydrogen-bond donors (Lipinski definition) is 1. The van der Waals surface area contributed by atoms with E-state index in [1.54, 1.807) is 0 Å². The summed E-state index contributed by atoms with van der Waals surface area (Å²) in [5, 5.41) is 1.50. The minimum absolute atomic E-state index is 0.212. The van der Waals surface area contributed by atoms with Crippen molar-refractivity contribution in [2.24, 2.45) is 5.73 Å². The minimum atomic E-state index is -0.352. The summed E-state index contributed by atoms with van der Waals surface area (Å²) in [5.74, 6) is -0.140. The molecule has 2 aromatic carbocycles. The molecule has 1 heterocycles. The maximum Gasteiger partial charge on any atom is 0.227 e. The van der Waals surface area contributed by atoms with Gasteiger partial charge in [0.05, 0.1) is 23.3 Å². The Hall–Kier alpha value is -1.98. The number of rotatable bonds is 5. The van der Waals surface area contributed by atoms with Crippen molar-refractivity contribution in [3.05, 3.63) is 59.1 Å². The number of nitrogens with zero attached hydrogens (tertiary/aromatic N) is 2. The van der Waals surface area contributed by atoms with E-state index < -0.39 is 0 Å². The van der Waals surface area contributed by atoms with Crippen LogP contribution in [0.1, 0.15) is 5.56 Å². The third-order valence-electron chi connectivity index (χ3n) is 3.22. The number of halogens is 1. The molecular formula is C16H14ClN3OS. The quantitative estimate of drug-likeness (QED) is 0.729. The highest BCUT2D eigenvalue weighted by molar-refractivity contribution is 7.99. The molecule has 0 radical (unpaired) electrons. The fraction of sp³-hybridized carbons (Fsp3) is 0.125. The van der Waals surface area contributed by atoms with Crippen LogP contribution in [0.3, 0.4) is 0 Å². The van der Waals surface area contributed by atoms with Crippen LogP contribution in [0.2, 0.25) is 5.02 Å². The van der Waals surface area contributed by atoms with Crippen molar-refractivity contribution >= 4 is 40.3 Å². The molecule has 0 aliphatic carbocycles. The van der Waals surface area contributed by atoms with Crippen LogP contribution in [0.15, 0.2) is 53.7 Å². The summed E-state index contributed by atoms with van der Waals surface area (Å²) < 4.78 is 2.09. The number of fused-ring (bicyclic) bond motifs is 1. The second-order valence-electron chi connectivity index (χ2n) is 4.85. The number of carbonyl (C=O) groups is 1. The van der Waals surface area contributed by atoms with Crippen molar-refractivity contribution < 1.29 is 4.79 Å².